The minimum absolute atomic E-state index is 0.00967. The molecule has 0 saturated heterocycles. The molecule has 8 N–H and O–H groups in total. The van der Waals surface area contributed by atoms with E-state index < -0.39 is 54.3 Å². The third-order valence-corrected chi connectivity index (χ3v) is 4.10. The molecule has 0 heterocycles. The van der Waals surface area contributed by atoms with Crippen LogP contribution in [-0.4, -0.2) is 59.4 Å². The molecule has 4 amide bonds. The Kier molecular flexibility index (Phi) is 11.5. The summed E-state index contributed by atoms with van der Waals surface area (Å²) in [7, 11) is 0. The highest BCUT2D eigenvalue weighted by Gasteiger charge is 2.27. The zero-order valence-electron chi connectivity index (χ0n) is 17.4. The highest BCUT2D eigenvalue weighted by molar-refractivity contribution is 5.92. The monoisotopic (exact) mass is 415 g/mol. The molecule has 0 radical (unpaired) electrons. The molecule has 0 bridgehead atoms. The first-order valence-electron chi connectivity index (χ1n) is 9.49. The van der Waals surface area contributed by atoms with Crippen molar-refractivity contribution in [3.8, 4) is 0 Å². The topological polar surface area (TPSA) is 194 Å². The maximum atomic E-state index is 12.5. The van der Waals surface area contributed by atoms with Crippen LogP contribution in [0.5, 0.6) is 0 Å². The third-order valence-electron chi connectivity index (χ3n) is 4.10. The number of nitrogens with two attached hydrogens (primary N) is 2. The van der Waals surface area contributed by atoms with Crippen molar-refractivity contribution in [1.82, 2.24) is 16.0 Å². The molecule has 0 aromatic rings. The number of primary amides is 1. The molecule has 0 aliphatic rings. The molecule has 0 spiro atoms. The van der Waals surface area contributed by atoms with E-state index in [1.165, 1.54) is 0 Å². The van der Waals surface area contributed by atoms with Crippen molar-refractivity contribution in [1.29, 1.82) is 0 Å². The number of aliphatic carboxylic acids is 1. The summed E-state index contributed by atoms with van der Waals surface area (Å²) in [5.41, 5.74) is 10.8. The molecule has 11 nitrogen and oxygen atoms in total. The molecule has 0 aliphatic heterocycles. The molecule has 0 aliphatic carbocycles. The minimum atomic E-state index is -1.21. The van der Waals surface area contributed by atoms with Crippen molar-refractivity contribution in [2.24, 2.45) is 23.3 Å². The molecule has 166 valence electrons. The Hall–Kier alpha value is -2.69. The summed E-state index contributed by atoms with van der Waals surface area (Å²) < 4.78 is 0. The summed E-state index contributed by atoms with van der Waals surface area (Å²) in [5.74, 6) is -3.95. The van der Waals surface area contributed by atoms with Gasteiger partial charge in [0.05, 0.1) is 12.6 Å². The van der Waals surface area contributed by atoms with E-state index in [1.807, 2.05) is 0 Å². The van der Waals surface area contributed by atoms with Gasteiger partial charge in [-0.05, 0) is 24.7 Å². The minimum Gasteiger partial charge on any atom is -0.480 e. The first kappa shape index (κ1) is 26.3. The van der Waals surface area contributed by atoms with Gasteiger partial charge in [-0.1, -0.05) is 27.7 Å². The molecule has 0 unspecified atom stereocenters. The van der Waals surface area contributed by atoms with E-state index in [4.69, 9.17) is 11.5 Å². The van der Waals surface area contributed by atoms with Gasteiger partial charge in [0.1, 0.15) is 12.1 Å². The van der Waals surface area contributed by atoms with Gasteiger partial charge >= 0.3 is 5.97 Å². The largest absolute Gasteiger partial charge is 0.480 e. The number of hydrogen-bond acceptors (Lipinski definition) is 6. The van der Waals surface area contributed by atoms with Crippen molar-refractivity contribution in [3.63, 3.8) is 0 Å². The Balaban J connectivity index is 5.00. The maximum absolute atomic E-state index is 12.5. The number of carboxylic acids is 1. The van der Waals surface area contributed by atoms with Crippen LogP contribution in [0.2, 0.25) is 0 Å². The number of carbonyl (C=O) groups is 5. The molecular formula is C18H33N5O6. The normalized spacial score (nSPS) is 14.0. The third kappa shape index (κ3) is 11.0. The van der Waals surface area contributed by atoms with Crippen LogP contribution in [0, 0.1) is 11.8 Å². The number of carboxylic acid groups (broad SMARTS) is 1. The van der Waals surface area contributed by atoms with Crippen LogP contribution >= 0.6 is 0 Å². The Bertz CT molecular complexity index is 608. The predicted molar refractivity (Wildman–Crippen MR) is 105 cm³/mol. The van der Waals surface area contributed by atoms with Gasteiger partial charge in [-0.2, -0.15) is 0 Å². The molecule has 0 fully saturated rings. The van der Waals surface area contributed by atoms with E-state index in [9.17, 15) is 29.1 Å². The average Bonchev–Trinajstić information content (AvgIpc) is 2.60. The van der Waals surface area contributed by atoms with Gasteiger partial charge in [0.25, 0.3) is 0 Å². The van der Waals surface area contributed by atoms with Crippen molar-refractivity contribution < 1.29 is 29.1 Å². The molecule has 11 heteroatoms. The van der Waals surface area contributed by atoms with Gasteiger partial charge in [-0.15, -0.1) is 0 Å². The Morgan fingerprint density at radius 3 is 1.97 bits per heavy atom. The second-order valence-corrected chi connectivity index (χ2v) is 7.64. The first-order chi connectivity index (χ1) is 13.3. The number of hydrogen-bond donors (Lipinski definition) is 6. The number of rotatable bonds is 13. The second kappa shape index (κ2) is 12.7. The quantitative estimate of drug-likeness (QED) is 0.209. The van der Waals surface area contributed by atoms with Crippen LogP contribution < -0.4 is 27.4 Å². The van der Waals surface area contributed by atoms with E-state index >= 15 is 0 Å². The molecule has 29 heavy (non-hydrogen) atoms. The summed E-state index contributed by atoms with van der Waals surface area (Å²) in [6, 6.07) is -3.11. The number of nitrogens with one attached hydrogen (secondary N) is 3. The lowest BCUT2D eigenvalue weighted by Gasteiger charge is -2.22. The zero-order valence-corrected chi connectivity index (χ0v) is 17.4. The van der Waals surface area contributed by atoms with Gasteiger partial charge in [0, 0.05) is 6.42 Å². The molecular weight excluding hydrogens is 382 g/mol. The second-order valence-electron chi connectivity index (χ2n) is 7.64. The van der Waals surface area contributed by atoms with Gasteiger partial charge in [-0.25, -0.2) is 4.79 Å². The fraction of sp³-hybridized carbons (Fsp3) is 0.722. The standard InChI is InChI=1S/C18H33N5O6/c1-9(2)7-12(18(28)29)23-16(26)11(5-6-13(19)24)22-14(25)8-21-17(27)15(20)10(3)4/h9-12,15H,5-8,20H2,1-4H3,(H2,19,24)(H,21,27)(H,22,25)(H,23,26)(H,28,29)/t11-,12-,15-/m0/s1. The van der Waals surface area contributed by atoms with Crippen molar-refractivity contribution >= 4 is 29.6 Å². The van der Waals surface area contributed by atoms with E-state index in [-0.39, 0.29) is 31.1 Å². The molecule has 0 aromatic heterocycles. The van der Waals surface area contributed by atoms with Gasteiger partial charge in [0.2, 0.25) is 23.6 Å². The van der Waals surface area contributed by atoms with Crippen molar-refractivity contribution in [2.75, 3.05) is 6.54 Å². The Morgan fingerprint density at radius 2 is 1.52 bits per heavy atom. The van der Waals surface area contributed by atoms with Crippen LogP contribution in [0.25, 0.3) is 0 Å². The zero-order chi connectivity index (χ0) is 22.7. The van der Waals surface area contributed by atoms with E-state index in [1.54, 1.807) is 27.7 Å². The molecule has 3 atom stereocenters. The average molecular weight is 415 g/mol. The lowest BCUT2D eigenvalue weighted by Crippen LogP contribution is -2.54. The molecule has 0 aromatic carbocycles. The van der Waals surface area contributed by atoms with E-state index in [0.29, 0.717) is 0 Å². The van der Waals surface area contributed by atoms with E-state index in [2.05, 4.69) is 16.0 Å². The Morgan fingerprint density at radius 1 is 0.931 bits per heavy atom. The van der Waals surface area contributed by atoms with E-state index in [0.717, 1.165) is 0 Å². The first-order valence-corrected chi connectivity index (χ1v) is 9.49. The van der Waals surface area contributed by atoms with Gasteiger partial charge < -0.3 is 32.5 Å². The molecule has 0 saturated carbocycles. The fourth-order valence-corrected chi connectivity index (χ4v) is 2.35. The van der Waals surface area contributed by atoms with Gasteiger partial charge in [-0.3, -0.25) is 19.2 Å². The smallest absolute Gasteiger partial charge is 0.326 e. The number of amides is 4. The summed E-state index contributed by atoms with van der Waals surface area (Å²) in [4.78, 5) is 58.8. The summed E-state index contributed by atoms with van der Waals surface area (Å²) in [6.07, 6.45) is -0.105. The summed E-state index contributed by atoms with van der Waals surface area (Å²) >= 11 is 0. The fourth-order valence-electron chi connectivity index (χ4n) is 2.35. The predicted octanol–water partition coefficient (Wildman–Crippen LogP) is -1.55. The summed E-state index contributed by atoms with van der Waals surface area (Å²) in [6.45, 7) is 6.70. The lowest BCUT2D eigenvalue weighted by atomic mass is 10.0. The van der Waals surface area contributed by atoms with Crippen LogP contribution in [0.4, 0.5) is 0 Å². The highest BCUT2D eigenvalue weighted by Crippen LogP contribution is 2.06. The van der Waals surface area contributed by atoms with Gasteiger partial charge in [0.15, 0.2) is 0 Å². The molecule has 0 rings (SSSR count). The summed E-state index contributed by atoms with van der Waals surface area (Å²) in [5, 5.41) is 16.4. The van der Waals surface area contributed by atoms with Crippen LogP contribution in [-0.2, 0) is 24.0 Å². The Labute approximate surface area is 170 Å². The van der Waals surface area contributed by atoms with Crippen molar-refractivity contribution in [3.05, 3.63) is 0 Å². The maximum Gasteiger partial charge on any atom is 0.326 e. The van der Waals surface area contributed by atoms with Crippen LogP contribution in [0.1, 0.15) is 47.0 Å². The highest BCUT2D eigenvalue weighted by atomic mass is 16.4. The van der Waals surface area contributed by atoms with Crippen LogP contribution in [0.15, 0.2) is 0 Å². The SMILES string of the molecule is CC(C)C[C@H](NC(=O)[C@H](CCC(N)=O)NC(=O)CNC(=O)[C@@H](N)C(C)C)C(=O)O. The number of carbonyl (C=O) groups excluding carboxylic acids is 4. The van der Waals surface area contributed by atoms with Crippen molar-refractivity contribution in [2.45, 2.75) is 65.1 Å². The van der Waals surface area contributed by atoms with Crippen LogP contribution in [0.3, 0.4) is 0 Å². The lowest BCUT2D eigenvalue weighted by molar-refractivity contribution is -0.142.